The first-order valence-electron chi connectivity index (χ1n) is 5.37. The van der Waals surface area contributed by atoms with Crippen molar-refractivity contribution in [2.75, 3.05) is 25.7 Å². The number of halogens is 2. The molecular weight excluding hydrogens is 260 g/mol. The number of carbonyl (C=O) groups is 2. The van der Waals surface area contributed by atoms with Crippen molar-refractivity contribution in [1.29, 1.82) is 0 Å². The van der Waals surface area contributed by atoms with Gasteiger partial charge in [0.25, 0.3) is 0 Å². The summed E-state index contributed by atoms with van der Waals surface area (Å²) in [5, 5.41) is 0. The van der Waals surface area contributed by atoms with Crippen LogP contribution in [0.1, 0.15) is 6.42 Å². The molecule has 1 amide bonds. The molecule has 0 aliphatic heterocycles. The topological polar surface area (TPSA) is 55.8 Å². The number of nitrogens with zero attached hydrogens (tertiary/aromatic N) is 1. The summed E-state index contributed by atoms with van der Waals surface area (Å²) in [7, 11) is 2.36. The summed E-state index contributed by atoms with van der Waals surface area (Å²) in [6.07, 6.45) is -0.875. The fourth-order valence-corrected chi connectivity index (χ4v) is 1.39. The largest absolute Gasteiger partial charge is 0.469 e. The Hall–Kier alpha value is -2.18. The van der Waals surface area contributed by atoms with E-state index in [-0.39, 0.29) is 18.7 Å². The van der Waals surface area contributed by atoms with E-state index < -0.39 is 23.7 Å². The molecule has 19 heavy (non-hydrogen) atoms. The third-order valence-electron chi connectivity index (χ3n) is 2.38. The molecule has 0 unspecified atom stereocenters. The van der Waals surface area contributed by atoms with E-state index >= 15 is 0 Å². The number of hydrogen-bond acceptors (Lipinski definition) is 4. The number of rotatable bonds is 4. The first-order chi connectivity index (χ1) is 8.99. The van der Waals surface area contributed by atoms with Crippen LogP contribution in [0.15, 0.2) is 18.2 Å². The molecule has 1 aromatic carbocycles. The number of methoxy groups -OCH3 is 2. The van der Waals surface area contributed by atoms with Crippen LogP contribution in [0.5, 0.6) is 0 Å². The Labute approximate surface area is 108 Å². The fraction of sp³-hybridized carbons (Fsp3) is 0.333. The molecule has 0 aromatic heterocycles. The van der Waals surface area contributed by atoms with Crippen LogP contribution in [0, 0.1) is 11.6 Å². The normalized spacial score (nSPS) is 9.89. The average molecular weight is 273 g/mol. The Balaban J connectivity index is 2.92. The van der Waals surface area contributed by atoms with Crippen molar-refractivity contribution in [3.63, 3.8) is 0 Å². The van der Waals surface area contributed by atoms with Gasteiger partial charge in [0.2, 0.25) is 0 Å². The molecule has 0 aliphatic carbocycles. The predicted molar refractivity (Wildman–Crippen MR) is 62.7 cm³/mol. The van der Waals surface area contributed by atoms with Gasteiger partial charge in [0.15, 0.2) is 11.6 Å². The molecule has 104 valence electrons. The zero-order chi connectivity index (χ0) is 14.4. The van der Waals surface area contributed by atoms with Gasteiger partial charge >= 0.3 is 12.1 Å². The van der Waals surface area contributed by atoms with Crippen molar-refractivity contribution in [3.05, 3.63) is 29.8 Å². The molecule has 7 heteroatoms. The van der Waals surface area contributed by atoms with E-state index in [1.54, 1.807) is 0 Å². The van der Waals surface area contributed by atoms with Gasteiger partial charge in [-0.2, -0.15) is 0 Å². The quantitative estimate of drug-likeness (QED) is 0.788. The van der Waals surface area contributed by atoms with Crippen LogP contribution in [-0.2, 0) is 14.3 Å². The van der Waals surface area contributed by atoms with Gasteiger partial charge in [-0.05, 0) is 12.1 Å². The van der Waals surface area contributed by atoms with Crippen molar-refractivity contribution < 1.29 is 27.8 Å². The number of anilines is 1. The van der Waals surface area contributed by atoms with Crippen LogP contribution in [0.4, 0.5) is 19.3 Å². The SMILES string of the molecule is COC(=O)CCN(C(=O)OC)c1ccc(F)c(F)c1. The van der Waals surface area contributed by atoms with E-state index in [2.05, 4.69) is 9.47 Å². The highest BCUT2D eigenvalue weighted by molar-refractivity contribution is 5.88. The minimum atomic E-state index is -1.09. The standard InChI is InChI=1S/C12H13F2NO4/c1-18-11(16)5-6-15(12(17)19-2)8-3-4-9(13)10(14)7-8/h3-4,7H,5-6H2,1-2H3. The second kappa shape index (κ2) is 6.67. The summed E-state index contributed by atoms with van der Waals surface area (Å²) < 4.78 is 34.9. The van der Waals surface area contributed by atoms with Gasteiger partial charge < -0.3 is 9.47 Å². The number of esters is 1. The van der Waals surface area contributed by atoms with Crippen molar-refractivity contribution in [2.24, 2.45) is 0 Å². The highest BCUT2D eigenvalue weighted by Gasteiger charge is 2.19. The molecule has 5 nitrogen and oxygen atoms in total. The second-order valence-corrected chi connectivity index (χ2v) is 3.55. The fourth-order valence-electron chi connectivity index (χ4n) is 1.39. The lowest BCUT2D eigenvalue weighted by atomic mass is 10.2. The van der Waals surface area contributed by atoms with Crippen LogP contribution < -0.4 is 4.90 Å². The Morgan fingerprint density at radius 3 is 2.37 bits per heavy atom. The highest BCUT2D eigenvalue weighted by Crippen LogP contribution is 2.19. The summed E-state index contributed by atoms with van der Waals surface area (Å²) >= 11 is 0. The molecular formula is C12H13F2NO4. The minimum absolute atomic E-state index is 0.0651. The van der Waals surface area contributed by atoms with Gasteiger partial charge in [-0.3, -0.25) is 9.69 Å². The predicted octanol–water partition coefficient (Wildman–Crippen LogP) is 2.10. The summed E-state index contributed by atoms with van der Waals surface area (Å²) in [6, 6.07) is 2.95. The van der Waals surface area contributed by atoms with Gasteiger partial charge in [0.05, 0.1) is 26.3 Å². The molecule has 0 spiro atoms. The first-order valence-corrected chi connectivity index (χ1v) is 5.37. The van der Waals surface area contributed by atoms with Gasteiger partial charge in [-0.1, -0.05) is 0 Å². The van der Waals surface area contributed by atoms with E-state index in [1.165, 1.54) is 13.2 Å². The molecule has 1 aromatic rings. The maximum absolute atomic E-state index is 13.1. The molecule has 0 N–H and O–H groups in total. The van der Waals surface area contributed by atoms with E-state index in [0.29, 0.717) is 0 Å². The van der Waals surface area contributed by atoms with E-state index in [4.69, 9.17) is 0 Å². The van der Waals surface area contributed by atoms with Crippen molar-refractivity contribution in [1.82, 2.24) is 0 Å². The highest BCUT2D eigenvalue weighted by atomic mass is 19.2. The van der Waals surface area contributed by atoms with Crippen molar-refractivity contribution >= 4 is 17.7 Å². The van der Waals surface area contributed by atoms with Gasteiger partial charge in [-0.15, -0.1) is 0 Å². The Kier molecular flexibility index (Phi) is 5.23. The summed E-state index contributed by atoms with van der Waals surface area (Å²) in [5.74, 6) is -2.65. The van der Waals surface area contributed by atoms with E-state index in [9.17, 15) is 18.4 Å². The molecule has 0 aliphatic rings. The van der Waals surface area contributed by atoms with E-state index in [0.717, 1.165) is 24.1 Å². The van der Waals surface area contributed by atoms with Crippen LogP contribution >= 0.6 is 0 Å². The average Bonchev–Trinajstić information content (AvgIpc) is 2.42. The third-order valence-corrected chi connectivity index (χ3v) is 2.38. The summed E-state index contributed by atoms with van der Waals surface area (Å²) in [5.41, 5.74) is 0.0923. The molecule has 0 radical (unpaired) electrons. The summed E-state index contributed by atoms with van der Waals surface area (Å²) in [4.78, 5) is 23.6. The molecule has 0 heterocycles. The second-order valence-electron chi connectivity index (χ2n) is 3.55. The number of benzene rings is 1. The van der Waals surface area contributed by atoms with Crippen molar-refractivity contribution in [2.45, 2.75) is 6.42 Å². The van der Waals surface area contributed by atoms with Gasteiger partial charge in [-0.25, -0.2) is 13.6 Å². The molecule has 0 atom stereocenters. The lowest BCUT2D eigenvalue weighted by molar-refractivity contribution is -0.140. The summed E-state index contributed by atoms with van der Waals surface area (Å²) in [6.45, 7) is -0.0651. The minimum Gasteiger partial charge on any atom is -0.469 e. The molecule has 0 bridgehead atoms. The van der Waals surface area contributed by atoms with Crippen LogP contribution in [0.2, 0.25) is 0 Å². The lowest BCUT2D eigenvalue weighted by Crippen LogP contribution is -2.33. The molecule has 0 saturated carbocycles. The maximum Gasteiger partial charge on any atom is 0.414 e. The lowest BCUT2D eigenvalue weighted by Gasteiger charge is -2.20. The number of ether oxygens (including phenoxy) is 2. The molecule has 0 fully saturated rings. The molecule has 0 saturated heterocycles. The van der Waals surface area contributed by atoms with E-state index in [1.807, 2.05) is 0 Å². The third kappa shape index (κ3) is 3.90. The van der Waals surface area contributed by atoms with Crippen LogP contribution in [0.3, 0.4) is 0 Å². The Bertz CT molecular complexity index is 479. The zero-order valence-electron chi connectivity index (χ0n) is 10.5. The number of hydrogen-bond donors (Lipinski definition) is 0. The van der Waals surface area contributed by atoms with Crippen LogP contribution in [0.25, 0.3) is 0 Å². The Morgan fingerprint density at radius 1 is 1.16 bits per heavy atom. The number of amides is 1. The first kappa shape index (κ1) is 14.9. The number of carbonyl (C=O) groups excluding carboxylic acids is 2. The monoisotopic (exact) mass is 273 g/mol. The van der Waals surface area contributed by atoms with Gasteiger partial charge in [0, 0.05) is 12.6 Å². The molecule has 1 rings (SSSR count). The maximum atomic E-state index is 13.1. The Morgan fingerprint density at radius 2 is 1.84 bits per heavy atom. The van der Waals surface area contributed by atoms with Gasteiger partial charge in [0.1, 0.15) is 0 Å². The van der Waals surface area contributed by atoms with Crippen LogP contribution in [-0.4, -0.2) is 32.8 Å². The zero-order valence-corrected chi connectivity index (χ0v) is 10.5. The van der Waals surface area contributed by atoms with Crippen molar-refractivity contribution in [3.8, 4) is 0 Å². The smallest absolute Gasteiger partial charge is 0.414 e.